The minimum absolute atomic E-state index is 0.0684. The molecule has 0 saturated carbocycles. The Morgan fingerprint density at radius 2 is 1.65 bits per heavy atom. The molecule has 1 aliphatic rings. The second-order valence-electron chi connectivity index (χ2n) is 6.00. The molecule has 0 radical (unpaired) electrons. The van der Waals surface area contributed by atoms with Gasteiger partial charge in [-0.3, -0.25) is 4.90 Å². The van der Waals surface area contributed by atoms with Crippen LogP contribution in [0.4, 0.5) is 0 Å². The van der Waals surface area contributed by atoms with Crippen molar-refractivity contribution in [2.75, 3.05) is 0 Å². The van der Waals surface area contributed by atoms with Gasteiger partial charge >= 0.3 is 0 Å². The molecular weight excluding hydrogens is 208 g/mol. The number of hydrogen-bond acceptors (Lipinski definition) is 2. The summed E-state index contributed by atoms with van der Waals surface area (Å²) in [4.78, 5) is 2.29. The zero-order valence-corrected chi connectivity index (χ0v) is 11.3. The first kappa shape index (κ1) is 12.1. The van der Waals surface area contributed by atoms with E-state index in [1.165, 1.54) is 5.56 Å². The van der Waals surface area contributed by atoms with Gasteiger partial charge in [-0.2, -0.15) is 5.26 Å². The van der Waals surface area contributed by atoms with E-state index < -0.39 is 0 Å². The lowest BCUT2D eigenvalue weighted by Crippen LogP contribution is -2.33. The van der Waals surface area contributed by atoms with Crippen molar-refractivity contribution in [2.45, 2.75) is 51.2 Å². The summed E-state index contributed by atoms with van der Waals surface area (Å²) in [5.41, 5.74) is 0.704. The fourth-order valence-corrected chi connectivity index (χ4v) is 3.17. The van der Waals surface area contributed by atoms with Crippen LogP contribution in [0.5, 0.6) is 0 Å². The highest BCUT2D eigenvalue weighted by Crippen LogP contribution is 2.58. The molecule has 1 fully saturated rings. The van der Waals surface area contributed by atoms with Crippen molar-refractivity contribution in [2.24, 2.45) is 0 Å². The van der Waals surface area contributed by atoms with E-state index in [1.807, 2.05) is 13.0 Å². The monoisotopic (exact) mass is 228 g/mol. The second kappa shape index (κ2) is 3.34. The molecular formula is C15H20N2. The van der Waals surface area contributed by atoms with E-state index in [1.54, 1.807) is 0 Å². The van der Waals surface area contributed by atoms with Crippen LogP contribution in [0.25, 0.3) is 0 Å². The maximum Gasteiger partial charge on any atom is 0.125 e. The zero-order valence-electron chi connectivity index (χ0n) is 11.3. The standard InChI is InChI=1S/C15H20N2/c1-13(2,12-9-7-6-8-10-12)17-14(3,4)15(17,5)11-16/h6-10H,1-5H3. The molecule has 2 unspecified atom stereocenters. The first-order valence-corrected chi connectivity index (χ1v) is 6.06. The van der Waals surface area contributed by atoms with E-state index in [9.17, 15) is 5.26 Å². The fraction of sp³-hybridized carbons (Fsp3) is 0.533. The van der Waals surface area contributed by atoms with E-state index in [-0.39, 0.29) is 16.6 Å². The summed E-state index contributed by atoms with van der Waals surface area (Å²) in [7, 11) is 0. The summed E-state index contributed by atoms with van der Waals surface area (Å²) >= 11 is 0. The zero-order chi connectivity index (χ0) is 12.9. The first-order valence-electron chi connectivity index (χ1n) is 6.06. The molecule has 1 saturated heterocycles. The Labute approximate surface area is 104 Å². The van der Waals surface area contributed by atoms with Crippen molar-refractivity contribution in [1.82, 2.24) is 4.90 Å². The average molecular weight is 228 g/mol. The third-order valence-electron chi connectivity index (χ3n) is 4.40. The summed E-state index contributed by atoms with van der Waals surface area (Å²) in [5.74, 6) is 0. The van der Waals surface area contributed by atoms with Gasteiger partial charge in [-0.25, -0.2) is 0 Å². The number of benzene rings is 1. The average Bonchev–Trinajstić information content (AvgIpc) is 2.75. The maximum absolute atomic E-state index is 9.39. The van der Waals surface area contributed by atoms with Gasteiger partial charge in [-0.15, -0.1) is 0 Å². The summed E-state index contributed by atoms with van der Waals surface area (Å²) < 4.78 is 0. The molecule has 0 amide bonds. The van der Waals surface area contributed by atoms with Gasteiger partial charge in [0.05, 0.1) is 6.07 Å². The molecule has 2 nitrogen and oxygen atoms in total. The molecule has 0 aliphatic carbocycles. The van der Waals surface area contributed by atoms with Crippen LogP contribution in [0.3, 0.4) is 0 Å². The van der Waals surface area contributed by atoms with Crippen LogP contribution in [0.1, 0.15) is 40.2 Å². The molecule has 2 atom stereocenters. The van der Waals surface area contributed by atoms with Crippen molar-refractivity contribution >= 4 is 0 Å². The first-order chi connectivity index (χ1) is 7.78. The predicted molar refractivity (Wildman–Crippen MR) is 69.4 cm³/mol. The molecule has 1 aromatic carbocycles. The maximum atomic E-state index is 9.39. The van der Waals surface area contributed by atoms with Crippen LogP contribution in [0, 0.1) is 11.3 Å². The SMILES string of the molecule is CC(C)(c1ccccc1)N1C(C)(C)C1(C)C#N. The highest BCUT2D eigenvalue weighted by Gasteiger charge is 2.71. The van der Waals surface area contributed by atoms with E-state index in [0.717, 1.165) is 0 Å². The number of nitrogens with zero attached hydrogens (tertiary/aromatic N) is 2. The summed E-state index contributed by atoms with van der Waals surface area (Å²) in [6, 6.07) is 12.8. The Hall–Kier alpha value is -1.33. The van der Waals surface area contributed by atoms with E-state index in [4.69, 9.17) is 0 Å². The van der Waals surface area contributed by atoms with Crippen LogP contribution in [-0.2, 0) is 5.54 Å². The molecule has 2 rings (SSSR count). The van der Waals surface area contributed by atoms with E-state index in [2.05, 4.69) is 62.9 Å². The molecule has 2 heteroatoms. The van der Waals surface area contributed by atoms with Crippen LogP contribution < -0.4 is 0 Å². The Kier molecular flexibility index (Phi) is 2.38. The fourth-order valence-electron chi connectivity index (χ4n) is 3.17. The van der Waals surface area contributed by atoms with Crippen molar-refractivity contribution in [3.05, 3.63) is 35.9 Å². The van der Waals surface area contributed by atoms with Crippen LogP contribution in [-0.4, -0.2) is 16.0 Å². The molecule has 90 valence electrons. The van der Waals surface area contributed by atoms with E-state index in [0.29, 0.717) is 0 Å². The molecule has 1 aromatic rings. The van der Waals surface area contributed by atoms with Crippen LogP contribution >= 0.6 is 0 Å². The van der Waals surface area contributed by atoms with Crippen molar-refractivity contribution in [3.8, 4) is 6.07 Å². The minimum Gasteiger partial charge on any atom is -0.267 e. The molecule has 0 N–H and O–H groups in total. The summed E-state index contributed by atoms with van der Waals surface area (Å²) in [6.45, 7) is 10.7. The Morgan fingerprint density at radius 3 is 2.06 bits per heavy atom. The highest BCUT2D eigenvalue weighted by molar-refractivity contribution is 5.39. The molecule has 0 spiro atoms. The molecule has 1 heterocycles. The third-order valence-corrected chi connectivity index (χ3v) is 4.40. The smallest absolute Gasteiger partial charge is 0.125 e. The molecule has 1 aliphatic heterocycles. The third kappa shape index (κ3) is 1.42. The lowest BCUT2D eigenvalue weighted by Gasteiger charge is -2.30. The largest absolute Gasteiger partial charge is 0.267 e. The quantitative estimate of drug-likeness (QED) is 0.726. The van der Waals surface area contributed by atoms with Crippen LogP contribution in [0.15, 0.2) is 30.3 Å². The van der Waals surface area contributed by atoms with Crippen molar-refractivity contribution in [1.29, 1.82) is 5.26 Å². The van der Waals surface area contributed by atoms with Gasteiger partial charge in [0.25, 0.3) is 0 Å². The normalized spacial score (nSPS) is 30.7. The molecule has 17 heavy (non-hydrogen) atoms. The summed E-state index contributed by atoms with van der Waals surface area (Å²) in [5, 5.41) is 9.39. The van der Waals surface area contributed by atoms with Gasteiger partial charge in [0.2, 0.25) is 0 Å². The van der Waals surface area contributed by atoms with Gasteiger partial charge in [0.15, 0.2) is 0 Å². The lowest BCUT2D eigenvalue weighted by atomic mass is 9.93. The second-order valence-corrected chi connectivity index (χ2v) is 6.00. The Balaban J connectivity index is 2.41. The van der Waals surface area contributed by atoms with Gasteiger partial charge in [0.1, 0.15) is 5.54 Å². The van der Waals surface area contributed by atoms with Gasteiger partial charge in [0, 0.05) is 11.1 Å². The van der Waals surface area contributed by atoms with Gasteiger partial charge in [-0.05, 0) is 40.2 Å². The summed E-state index contributed by atoms with van der Waals surface area (Å²) in [6.07, 6.45) is 0. The number of nitriles is 1. The van der Waals surface area contributed by atoms with Crippen molar-refractivity contribution in [3.63, 3.8) is 0 Å². The Morgan fingerprint density at radius 1 is 1.12 bits per heavy atom. The topological polar surface area (TPSA) is 26.8 Å². The number of rotatable bonds is 2. The Bertz CT molecular complexity index is 467. The van der Waals surface area contributed by atoms with Gasteiger partial charge < -0.3 is 0 Å². The van der Waals surface area contributed by atoms with Gasteiger partial charge in [-0.1, -0.05) is 30.3 Å². The molecule has 0 aromatic heterocycles. The molecule has 0 bridgehead atoms. The highest BCUT2D eigenvalue weighted by atomic mass is 15.5. The van der Waals surface area contributed by atoms with E-state index >= 15 is 0 Å². The van der Waals surface area contributed by atoms with Crippen LogP contribution in [0.2, 0.25) is 0 Å². The predicted octanol–water partition coefficient (Wildman–Crippen LogP) is 3.30. The number of hydrogen-bond donors (Lipinski definition) is 0. The lowest BCUT2D eigenvalue weighted by molar-refractivity contribution is 0.218. The minimum atomic E-state index is -0.369. The van der Waals surface area contributed by atoms with Crippen molar-refractivity contribution < 1.29 is 0 Å².